The molecule has 0 unspecified atom stereocenters. The minimum atomic E-state index is -4.04. The summed E-state index contributed by atoms with van der Waals surface area (Å²) >= 11 is 0. The Bertz CT molecular complexity index is 1330. The van der Waals surface area contributed by atoms with Crippen molar-refractivity contribution in [1.29, 1.82) is 0 Å². The lowest BCUT2D eigenvalue weighted by Gasteiger charge is -2.19. The van der Waals surface area contributed by atoms with Crippen LogP contribution in [0.4, 0.5) is 0 Å². The highest BCUT2D eigenvalue weighted by atomic mass is 32.2. The molecule has 0 bridgehead atoms. The Morgan fingerprint density at radius 2 is 1.74 bits per heavy atom. The molecule has 11 heteroatoms. The summed E-state index contributed by atoms with van der Waals surface area (Å²) in [5.74, 6) is -2.35. The lowest BCUT2D eigenvalue weighted by molar-refractivity contribution is -0.123. The van der Waals surface area contributed by atoms with Gasteiger partial charge in [-0.3, -0.25) is 14.9 Å². The van der Waals surface area contributed by atoms with Crippen LogP contribution in [0.1, 0.15) is 26.4 Å². The van der Waals surface area contributed by atoms with E-state index in [0.717, 1.165) is 15.9 Å². The van der Waals surface area contributed by atoms with Crippen LogP contribution < -0.4 is 10.1 Å². The number of ether oxygens (including phenoxy) is 2. The minimum absolute atomic E-state index is 0.0485. The highest BCUT2D eigenvalue weighted by Crippen LogP contribution is 2.28. The van der Waals surface area contributed by atoms with Crippen molar-refractivity contribution in [3.8, 4) is 5.75 Å². The summed E-state index contributed by atoms with van der Waals surface area (Å²) in [5.41, 5.74) is 0.942. The van der Waals surface area contributed by atoms with Crippen LogP contribution >= 0.6 is 0 Å². The van der Waals surface area contributed by atoms with E-state index in [1.807, 2.05) is 6.07 Å². The molecule has 1 heterocycles. The average Bonchev–Trinajstić information content (AvgIpc) is 3.28. The molecular weight excluding hydrogens is 474 g/mol. The van der Waals surface area contributed by atoms with E-state index < -0.39 is 34.4 Å². The number of hydrogen-bond donors (Lipinski definition) is 1. The van der Waals surface area contributed by atoms with Gasteiger partial charge in [0.05, 0.1) is 12.7 Å². The van der Waals surface area contributed by atoms with Crippen molar-refractivity contribution in [2.45, 2.75) is 11.4 Å². The molecule has 2 amide bonds. The van der Waals surface area contributed by atoms with Crippen LogP contribution in [0.3, 0.4) is 0 Å². The lowest BCUT2D eigenvalue weighted by atomic mass is 10.2. The fourth-order valence-electron chi connectivity index (χ4n) is 3.24. The standard InChI is InChI=1S/C24H25N3O7S/c1-26-13-7-10-19(26)23(29)25-22(28)16-34-24(30)18-11-12-20(33-3)21(14-18)35(31,32)27(2)15-17-8-5-4-6-9-17/h4-14H,15-16H2,1-3H3,(H,25,28,29). The topological polar surface area (TPSA) is 124 Å². The van der Waals surface area contributed by atoms with E-state index in [0.29, 0.717) is 0 Å². The number of rotatable bonds is 9. The summed E-state index contributed by atoms with van der Waals surface area (Å²) in [6.45, 7) is -0.618. The Hall–Kier alpha value is -3.96. The first kappa shape index (κ1) is 25.7. The van der Waals surface area contributed by atoms with Crippen LogP contribution in [0.25, 0.3) is 0 Å². The number of esters is 1. The maximum atomic E-state index is 13.2. The number of amides is 2. The van der Waals surface area contributed by atoms with E-state index in [-0.39, 0.29) is 28.4 Å². The Kier molecular flexibility index (Phi) is 8.05. The van der Waals surface area contributed by atoms with Crippen molar-refractivity contribution in [2.75, 3.05) is 20.8 Å². The molecule has 3 rings (SSSR count). The summed E-state index contributed by atoms with van der Waals surface area (Å²) in [6.07, 6.45) is 1.64. The summed E-state index contributed by atoms with van der Waals surface area (Å²) in [4.78, 5) is 36.4. The van der Waals surface area contributed by atoms with Crippen LogP contribution in [0.2, 0.25) is 0 Å². The molecular formula is C24H25N3O7S. The molecule has 0 spiro atoms. The number of carbonyl (C=O) groups excluding carboxylic acids is 3. The number of nitrogens with one attached hydrogen (secondary N) is 1. The summed E-state index contributed by atoms with van der Waals surface area (Å²) in [5, 5.41) is 2.12. The van der Waals surface area contributed by atoms with Crippen LogP contribution in [-0.2, 0) is 33.1 Å². The third-order valence-electron chi connectivity index (χ3n) is 5.10. The monoisotopic (exact) mass is 499 g/mol. The van der Waals surface area contributed by atoms with Gasteiger partial charge in [-0.2, -0.15) is 4.31 Å². The van der Waals surface area contributed by atoms with Crippen LogP contribution in [0, 0.1) is 0 Å². The molecule has 0 radical (unpaired) electrons. The van der Waals surface area contributed by atoms with E-state index >= 15 is 0 Å². The normalized spacial score (nSPS) is 11.2. The third-order valence-corrected chi connectivity index (χ3v) is 6.92. The van der Waals surface area contributed by atoms with Gasteiger partial charge in [0.25, 0.3) is 11.8 Å². The molecule has 184 valence electrons. The van der Waals surface area contributed by atoms with Gasteiger partial charge in [0.1, 0.15) is 16.3 Å². The number of nitrogens with zero attached hydrogens (tertiary/aromatic N) is 2. The summed E-state index contributed by atoms with van der Waals surface area (Å²) < 4.78 is 39.3. The fraction of sp³-hybridized carbons (Fsp3) is 0.208. The van der Waals surface area contributed by atoms with Gasteiger partial charge in [0.15, 0.2) is 6.61 Å². The van der Waals surface area contributed by atoms with Crippen molar-refractivity contribution in [3.63, 3.8) is 0 Å². The second-order valence-electron chi connectivity index (χ2n) is 7.57. The predicted octanol–water partition coefficient (Wildman–Crippen LogP) is 1.97. The van der Waals surface area contributed by atoms with Gasteiger partial charge < -0.3 is 14.0 Å². The first-order valence-electron chi connectivity index (χ1n) is 10.4. The van der Waals surface area contributed by atoms with Crippen molar-refractivity contribution in [2.24, 2.45) is 7.05 Å². The summed E-state index contributed by atoms with van der Waals surface area (Å²) in [7, 11) is 0.341. The maximum absolute atomic E-state index is 13.2. The van der Waals surface area contributed by atoms with Crippen molar-refractivity contribution >= 4 is 27.8 Å². The van der Waals surface area contributed by atoms with Crippen molar-refractivity contribution < 1.29 is 32.3 Å². The van der Waals surface area contributed by atoms with E-state index in [4.69, 9.17) is 9.47 Å². The third kappa shape index (κ3) is 6.14. The molecule has 0 aliphatic carbocycles. The summed E-state index contributed by atoms with van der Waals surface area (Å²) in [6, 6.07) is 16.0. The Balaban J connectivity index is 1.71. The second kappa shape index (κ2) is 11.0. The Morgan fingerprint density at radius 3 is 2.37 bits per heavy atom. The highest BCUT2D eigenvalue weighted by Gasteiger charge is 2.27. The number of aromatic nitrogens is 1. The van der Waals surface area contributed by atoms with Crippen LogP contribution in [0.15, 0.2) is 71.8 Å². The minimum Gasteiger partial charge on any atom is -0.495 e. The molecule has 10 nitrogen and oxygen atoms in total. The maximum Gasteiger partial charge on any atom is 0.338 e. The van der Waals surface area contributed by atoms with Crippen LogP contribution in [0.5, 0.6) is 5.75 Å². The molecule has 0 atom stereocenters. The Morgan fingerprint density at radius 1 is 1.03 bits per heavy atom. The molecule has 35 heavy (non-hydrogen) atoms. The number of sulfonamides is 1. The number of hydrogen-bond acceptors (Lipinski definition) is 7. The zero-order valence-electron chi connectivity index (χ0n) is 19.4. The zero-order chi connectivity index (χ0) is 25.6. The average molecular weight is 500 g/mol. The molecule has 3 aromatic rings. The number of imide groups is 1. The van der Waals surface area contributed by atoms with E-state index in [1.54, 1.807) is 43.6 Å². The van der Waals surface area contributed by atoms with Gasteiger partial charge >= 0.3 is 5.97 Å². The molecule has 0 aliphatic rings. The highest BCUT2D eigenvalue weighted by molar-refractivity contribution is 7.89. The van der Waals surface area contributed by atoms with Gasteiger partial charge in [0.2, 0.25) is 10.0 Å². The first-order chi connectivity index (χ1) is 16.6. The molecule has 0 fully saturated rings. The van der Waals surface area contributed by atoms with Gasteiger partial charge in [-0.1, -0.05) is 30.3 Å². The van der Waals surface area contributed by atoms with Crippen molar-refractivity contribution in [1.82, 2.24) is 14.2 Å². The van der Waals surface area contributed by atoms with E-state index in [1.165, 1.54) is 36.9 Å². The van der Waals surface area contributed by atoms with Crippen LogP contribution in [-0.4, -0.2) is 55.8 Å². The number of benzene rings is 2. The predicted molar refractivity (Wildman–Crippen MR) is 126 cm³/mol. The second-order valence-corrected chi connectivity index (χ2v) is 9.58. The lowest BCUT2D eigenvalue weighted by Crippen LogP contribution is -2.35. The quantitative estimate of drug-likeness (QED) is 0.447. The first-order valence-corrected chi connectivity index (χ1v) is 11.9. The van der Waals surface area contributed by atoms with Gasteiger partial charge in [-0.15, -0.1) is 0 Å². The molecule has 0 saturated heterocycles. The van der Waals surface area contributed by atoms with Gasteiger partial charge in [-0.25, -0.2) is 13.2 Å². The molecule has 1 aromatic heterocycles. The number of methoxy groups -OCH3 is 1. The molecule has 0 aliphatic heterocycles. The molecule has 2 aromatic carbocycles. The van der Waals surface area contributed by atoms with E-state index in [9.17, 15) is 22.8 Å². The molecule has 0 saturated carbocycles. The number of carbonyl (C=O) groups is 3. The van der Waals surface area contributed by atoms with Crippen molar-refractivity contribution in [3.05, 3.63) is 83.7 Å². The smallest absolute Gasteiger partial charge is 0.338 e. The Labute approximate surface area is 203 Å². The molecule has 1 N–H and O–H groups in total. The largest absolute Gasteiger partial charge is 0.495 e. The van der Waals surface area contributed by atoms with Gasteiger partial charge in [-0.05, 0) is 35.9 Å². The van der Waals surface area contributed by atoms with E-state index in [2.05, 4.69) is 5.32 Å². The number of aryl methyl sites for hydroxylation is 1. The van der Waals surface area contributed by atoms with Gasteiger partial charge in [0, 0.05) is 26.8 Å². The fourth-order valence-corrected chi connectivity index (χ4v) is 4.57. The zero-order valence-corrected chi connectivity index (χ0v) is 20.2. The SMILES string of the molecule is COc1ccc(C(=O)OCC(=O)NC(=O)c2cccn2C)cc1S(=O)(=O)N(C)Cc1ccccc1.